The van der Waals surface area contributed by atoms with Crippen LogP contribution >= 0.6 is 11.6 Å². The number of para-hydroxylation sites is 1. The first-order valence-corrected chi connectivity index (χ1v) is 6.12. The van der Waals surface area contributed by atoms with E-state index in [2.05, 4.69) is 26.0 Å². The summed E-state index contributed by atoms with van der Waals surface area (Å²) in [6, 6.07) is 6.17. The van der Waals surface area contributed by atoms with Crippen molar-refractivity contribution in [2.45, 2.75) is 26.7 Å². The van der Waals surface area contributed by atoms with E-state index in [0.29, 0.717) is 0 Å². The van der Waals surface area contributed by atoms with Crippen molar-refractivity contribution in [2.75, 3.05) is 17.8 Å². The predicted molar refractivity (Wildman–Crippen MR) is 69.3 cm³/mol. The number of alkyl halides is 1. The zero-order chi connectivity index (χ0) is 12.1. The molecule has 0 N–H and O–H groups in total. The lowest BCUT2D eigenvalue weighted by molar-refractivity contribution is -0.116. The number of rotatable bonds is 4. The minimum atomic E-state index is -0.0581. The third kappa shape index (κ3) is 2.56. The Bertz CT molecular complexity index is 354. The van der Waals surface area contributed by atoms with Crippen LogP contribution in [0.5, 0.6) is 0 Å². The van der Waals surface area contributed by atoms with Crippen molar-refractivity contribution in [3.63, 3.8) is 0 Å². The Balaban J connectivity index is 3.22. The lowest BCUT2D eigenvalue weighted by Gasteiger charge is -2.22. The van der Waals surface area contributed by atoms with Crippen molar-refractivity contribution in [1.29, 1.82) is 0 Å². The van der Waals surface area contributed by atoms with Crippen molar-refractivity contribution in [3.05, 3.63) is 29.3 Å². The van der Waals surface area contributed by atoms with E-state index in [9.17, 15) is 4.79 Å². The molecule has 0 heterocycles. The van der Waals surface area contributed by atoms with Crippen LogP contribution in [0.1, 0.15) is 25.0 Å². The van der Waals surface area contributed by atoms with E-state index in [1.54, 1.807) is 11.9 Å². The van der Waals surface area contributed by atoms with Crippen LogP contribution in [-0.4, -0.2) is 18.8 Å². The molecule has 0 saturated carbocycles. The standard InChI is InChI=1S/C13H18ClNO/c1-4-10-7-6-8-11(5-2)13(10)15(3)12(16)9-14/h6-8H,4-5,9H2,1-3H3. The van der Waals surface area contributed by atoms with Crippen molar-refractivity contribution < 1.29 is 4.79 Å². The highest BCUT2D eigenvalue weighted by molar-refractivity contribution is 6.29. The van der Waals surface area contributed by atoms with Gasteiger partial charge in [-0.15, -0.1) is 11.6 Å². The molecular formula is C13H18ClNO. The van der Waals surface area contributed by atoms with Crippen LogP contribution in [-0.2, 0) is 17.6 Å². The van der Waals surface area contributed by atoms with E-state index in [1.807, 2.05) is 6.07 Å². The molecule has 0 spiro atoms. The smallest absolute Gasteiger partial charge is 0.241 e. The Kier molecular flexibility index (Phi) is 4.81. The zero-order valence-corrected chi connectivity index (χ0v) is 10.8. The molecule has 0 unspecified atom stereocenters. The fourth-order valence-corrected chi connectivity index (χ4v) is 2.04. The zero-order valence-electron chi connectivity index (χ0n) is 10.1. The summed E-state index contributed by atoms with van der Waals surface area (Å²) in [6.45, 7) is 4.19. The normalized spacial score (nSPS) is 10.2. The van der Waals surface area contributed by atoms with Gasteiger partial charge >= 0.3 is 0 Å². The van der Waals surface area contributed by atoms with Gasteiger partial charge < -0.3 is 4.90 Å². The van der Waals surface area contributed by atoms with Crippen molar-refractivity contribution in [2.24, 2.45) is 0 Å². The topological polar surface area (TPSA) is 20.3 Å². The summed E-state index contributed by atoms with van der Waals surface area (Å²) in [5, 5.41) is 0. The number of anilines is 1. The molecule has 2 nitrogen and oxygen atoms in total. The number of nitrogens with zero attached hydrogens (tertiary/aromatic N) is 1. The van der Waals surface area contributed by atoms with Gasteiger partial charge in [0.05, 0.1) is 0 Å². The molecule has 1 amide bonds. The number of aryl methyl sites for hydroxylation is 2. The Morgan fingerprint density at radius 1 is 1.25 bits per heavy atom. The molecule has 1 aromatic rings. The number of hydrogen-bond acceptors (Lipinski definition) is 1. The molecule has 1 aromatic carbocycles. The highest BCUT2D eigenvalue weighted by Crippen LogP contribution is 2.26. The third-order valence-corrected chi connectivity index (χ3v) is 3.02. The Morgan fingerprint density at radius 3 is 2.12 bits per heavy atom. The summed E-state index contributed by atoms with van der Waals surface area (Å²) < 4.78 is 0. The first kappa shape index (κ1) is 13.0. The van der Waals surface area contributed by atoms with Crippen molar-refractivity contribution >= 4 is 23.2 Å². The molecule has 1 rings (SSSR count). The van der Waals surface area contributed by atoms with Crippen LogP contribution in [0.4, 0.5) is 5.69 Å². The Hall–Kier alpha value is -1.02. The fraction of sp³-hybridized carbons (Fsp3) is 0.462. The van der Waals surface area contributed by atoms with E-state index in [0.717, 1.165) is 18.5 Å². The fourth-order valence-electron chi connectivity index (χ4n) is 1.86. The van der Waals surface area contributed by atoms with Crippen molar-refractivity contribution in [1.82, 2.24) is 0 Å². The lowest BCUT2D eigenvalue weighted by Crippen LogP contribution is -2.29. The van der Waals surface area contributed by atoms with Crippen LogP contribution in [0.3, 0.4) is 0 Å². The minimum absolute atomic E-state index is 0.0255. The average molecular weight is 240 g/mol. The lowest BCUT2D eigenvalue weighted by atomic mass is 10.0. The molecule has 0 radical (unpaired) electrons. The predicted octanol–water partition coefficient (Wildman–Crippen LogP) is 3.01. The first-order valence-electron chi connectivity index (χ1n) is 5.58. The number of halogens is 1. The number of carbonyl (C=O) groups is 1. The summed E-state index contributed by atoms with van der Waals surface area (Å²) in [5.74, 6) is -0.0326. The largest absolute Gasteiger partial charge is 0.314 e. The average Bonchev–Trinajstić information content (AvgIpc) is 2.35. The maximum atomic E-state index is 11.6. The van der Waals surface area contributed by atoms with Crippen molar-refractivity contribution in [3.8, 4) is 0 Å². The number of benzene rings is 1. The van der Waals surface area contributed by atoms with Crippen LogP contribution in [0.2, 0.25) is 0 Å². The number of amides is 1. The quantitative estimate of drug-likeness (QED) is 0.740. The summed E-state index contributed by atoms with van der Waals surface area (Å²) >= 11 is 5.60. The molecule has 16 heavy (non-hydrogen) atoms. The van der Waals surface area contributed by atoms with E-state index in [4.69, 9.17) is 11.6 Å². The second-order valence-electron chi connectivity index (χ2n) is 3.72. The van der Waals surface area contributed by atoms with Gasteiger partial charge in [-0.1, -0.05) is 32.0 Å². The monoisotopic (exact) mass is 239 g/mol. The Morgan fingerprint density at radius 2 is 1.75 bits per heavy atom. The van der Waals surface area contributed by atoms with Gasteiger partial charge in [0.2, 0.25) is 5.91 Å². The van der Waals surface area contributed by atoms with Crippen LogP contribution in [0.25, 0.3) is 0 Å². The van der Waals surface area contributed by atoms with Gasteiger partial charge in [0.15, 0.2) is 0 Å². The Labute approximate surface area is 102 Å². The van der Waals surface area contributed by atoms with E-state index < -0.39 is 0 Å². The van der Waals surface area contributed by atoms with Crippen LogP contribution < -0.4 is 4.90 Å². The van der Waals surface area contributed by atoms with Crippen LogP contribution in [0, 0.1) is 0 Å². The summed E-state index contributed by atoms with van der Waals surface area (Å²) in [6.07, 6.45) is 1.84. The second-order valence-corrected chi connectivity index (χ2v) is 3.99. The number of carbonyl (C=O) groups excluding carboxylic acids is 1. The second kappa shape index (κ2) is 5.90. The summed E-state index contributed by atoms with van der Waals surface area (Å²) in [5.41, 5.74) is 3.42. The third-order valence-electron chi connectivity index (χ3n) is 2.79. The van der Waals surface area contributed by atoms with Gasteiger partial charge in [0.25, 0.3) is 0 Å². The van der Waals surface area contributed by atoms with Gasteiger partial charge in [0.1, 0.15) is 5.88 Å². The molecule has 0 fully saturated rings. The molecule has 0 bridgehead atoms. The maximum Gasteiger partial charge on any atom is 0.241 e. The molecular weight excluding hydrogens is 222 g/mol. The van der Waals surface area contributed by atoms with Gasteiger partial charge in [-0.2, -0.15) is 0 Å². The molecule has 88 valence electrons. The first-order chi connectivity index (χ1) is 7.65. The maximum absolute atomic E-state index is 11.6. The molecule has 0 aromatic heterocycles. The van der Waals surface area contributed by atoms with E-state index in [1.165, 1.54) is 11.1 Å². The summed E-state index contributed by atoms with van der Waals surface area (Å²) in [7, 11) is 1.79. The number of hydrogen-bond donors (Lipinski definition) is 0. The van der Waals surface area contributed by atoms with Gasteiger partial charge in [0, 0.05) is 12.7 Å². The molecule has 0 aliphatic rings. The van der Waals surface area contributed by atoms with E-state index >= 15 is 0 Å². The van der Waals surface area contributed by atoms with Gasteiger partial charge in [-0.05, 0) is 24.0 Å². The SMILES string of the molecule is CCc1cccc(CC)c1N(C)C(=O)CCl. The minimum Gasteiger partial charge on any atom is -0.314 e. The molecule has 0 saturated heterocycles. The molecule has 0 atom stereocenters. The highest BCUT2D eigenvalue weighted by Gasteiger charge is 2.15. The van der Waals surface area contributed by atoms with Gasteiger partial charge in [-0.25, -0.2) is 0 Å². The molecule has 0 aliphatic carbocycles. The highest BCUT2D eigenvalue weighted by atomic mass is 35.5. The molecule has 0 aliphatic heterocycles. The summed E-state index contributed by atoms with van der Waals surface area (Å²) in [4.78, 5) is 13.3. The van der Waals surface area contributed by atoms with Crippen LogP contribution in [0.15, 0.2) is 18.2 Å². The van der Waals surface area contributed by atoms with Gasteiger partial charge in [-0.3, -0.25) is 4.79 Å². The molecule has 3 heteroatoms. The van der Waals surface area contributed by atoms with E-state index in [-0.39, 0.29) is 11.8 Å².